The minimum Gasteiger partial charge on any atom is -0.349 e. The van der Waals surface area contributed by atoms with Gasteiger partial charge in [0.15, 0.2) is 0 Å². The Balaban J connectivity index is 2.02. The summed E-state index contributed by atoms with van der Waals surface area (Å²) in [5.74, 6) is -0.0438. The Hall–Kier alpha value is -2.34. The molecule has 22 heavy (non-hydrogen) atoms. The van der Waals surface area contributed by atoms with Gasteiger partial charge in [-0.2, -0.15) is 5.26 Å². The van der Waals surface area contributed by atoms with E-state index in [1.165, 1.54) is 19.3 Å². The first-order valence-electron chi connectivity index (χ1n) is 7.94. The summed E-state index contributed by atoms with van der Waals surface area (Å²) in [7, 11) is 0. The molecule has 0 atom stereocenters. The summed E-state index contributed by atoms with van der Waals surface area (Å²) in [6.45, 7) is 1.86. The fourth-order valence-electron chi connectivity index (χ4n) is 3.36. The Morgan fingerprint density at radius 2 is 1.95 bits per heavy atom. The molecule has 2 aromatic carbocycles. The number of nitrogens with zero attached hydrogens (tertiary/aromatic N) is 1. The van der Waals surface area contributed by atoms with Gasteiger partial charge in [-0.3, -0.25) is 4.79 Å². The molecule has 1 aliphatic carbocycles. The number of carbonyl (C=O) groups is 1. The number of fused-ring (bicyclic) bond motifs is 1. The van der Waals surface area contributed by atoms with Crippen LogP contribution in [0.3, 0.4) is 0 Å². The first kappa shape index (κ1) is 14.6. The molecule has 2 aromatic rings. The van der Waals surface area contributed by atoms with E-state index in [9.17, 15) is 10.1 Å². The van der Waals surface area contributed by atoms with Gasteiger partial charge in [-0.15, -0.1) is 0 Å². The van der Waals surface area contributed by atoms with E-state index < -0.39 is 0 Å². The zero-order valence-electron chi connectivity index (χ0n) is 12.9. The van der Waals surface area contributed by atoms with Crippen LogP contribution < -0.4 is 5.32 Å². The molecule has 0 saturated heterocycles. The second kappa shape index (κ2) is 6.19. The van der Waals surface area contributed by atoms with Gasteiger partial charge in [-0.05, 0) is 42.2 Å². The Labute approximate surface area is 130 Å². The molecule has 1 amide bonds. The minimum atomic E-state index is -0.0438. The maximum atomic E-state index is 12.8. The summed E-state index contributed by atoms with van der Waals surface area (Å²) < 4.78 is 0. The van der Waals surface area contributed by atoms with E-state index in [4.69, 9.17) is 0 Å². The van der Waals surface area contributed by atoms with Gasteiger partial charge in [-0.25, -0.2) is 0 Å². The van der Waals surface area contributed by atoms with E-state index in [2.05, 4.69) is 11.4 Å². The van der Waals surface area contributed by atoms with Crippen LogP contribution in [-0.4, -0.2) is 11.9 Å². The van der Waals surface area contributed by atoms with Crippen molar-refractivity contribution in [2.75, 3.05) is 0 Å². The van der Waals surface area contributed by atoms with Crippen LogP contribution in [0.15, 0.2) is 30.3 Å². The van der Waals surface area contributed by atoms with Gasteiger partial charge in [0, 0.05) is 6.04 Å². The van der Waals surface area contributed by atoms with E-state index in [0.717, 1.165) is 29.2 Å². The van der Waals surface area contributed by atoms with Gasteiger partial charge < -0.3 is 5.32 Å². The van der Waals surface area contributed by atoms with Crippen LogP contribution in [0.5, 0.6) is 0 Å². The Bertz CT molecular complexity index is 752. The standard InChI is InChI=1S/C19H20N2O/c1-13-15(12-20)11-14-7-5-6-10-17(14)18(13)19(22)21-16-8-3-2-4-9-16/h5-7,10-11,16H,2-4,8-9H2,1H3,(H,21,22). The molecule has 0 radical (unpaired) electrons. The second-order valence-corrected chi connectivity index (χ2v) is 6.07. The van der Waals surface area contributed by atoms with E-state index in [1.807, 2.05) is 37.3 Å². The summed E-state index contributed by atoms with van der Waals surface area (Å²) in [5, 5.41) is 14.4. The molecule has 0 heterocycles. The van der Waals surface area contributed by atoms with Crippen LogP contribution in [0, 0.1) is 18.3 Å². The number of carbonyl (C=O) groups excluding carboxylic acids is 1. The minimum absolute atomic E-state index is 0.0438. The number of amides is 1. The van der Waals surface area contributed by atoms with E-state index in [-0.39, 0.29) is 11.9 Å². The summed E-state index contributed by atoms with van der Waals surface area (Å²) in [5.41, 5.74) is 2.00. The molecule has 0 bridgehead atoms. The summed E-state index contributed by atoms with van der Waals surface area (Å²) >= 11 is 0. The van der Waals surface area contributed by atoms with Gasteiger partial charge in [-0.1, -0.05) is 43.5 Å². The number of nitriles is 1. The number of benzene rings is 2. The molecule has 0 spiro atoms. The first-order valence-corrected chi connectivity index (χ1v) is 7.94. The molecule has 1 fully saturated rings. The molecule has 0 unspecified atom stereocenters. The predicted molar refractivity (Wildman–Crippen MR) is 87.7 cm³/mol. The lowest BCUT2D eigenvalue weighted by molar-refractivity contribution is 0.0929. The smallest absolute Gasteiger partial charge is 0.252 e. The third-order valence-electron chi connectivity index (χ3n) is 4.60. The number of hydrogen-bond donors (Lipinski definition) is 1. The quantitative estimate of drug-likeness (QED) is 0.906. The molecule has 3 rings (SSSR count). The molecule has 1 N–H and O–H groups in total. The Morgan fingerprint density at radius 3 is 2.68 bits per heavy atom. The average Bonchev–Trinajstić information content (AvgIpc) is 2.55. The molecule has 1 saturated carbocycles. The normalized spacial score (nSPS) is 15.5. The predicted octanol–water partition coefficient (Wildman–Crippen LogP) is 4.08. The van der Waals surface area contributed by atoms with Crippen molar-refractivity contribution in [2.45, 2.75) is 45.1 Å². The topological polar surface area (TPSA) is 52.9 Å². The second-order valence-electron chi connectivity index (χ2n) is 6.07. The molecule has 3 heteroatoms. The number of nitrogens with one attached hydrogen (secondary N) is 1. The molecule has 0 aromatic heterocycles. The van der Waals surface area contributed by atoms with Gasteiger partial charge in [0.2, 0.25) is 0 Å². The van der Waals surface area contributed by atoms with Crippen LogP contribution in [0.1, 0.15) is 53.6 Å². The lowest BCUT2D eigenvalue weighted by Gasteiger charge is -2.23. The van der Waals surface area contributed by atoms with Crippen LogP contribution in [0.25, 0.3) is 10.8 Å². The average molecular weight is 292 g/mol. The van der Waals surface area contributed by atoms with E-state index >= 15 is 0 Å². The van der Waals surface area contributed by atoms with Crippen LogP contribution >= 0.6 is 0 Å². The third kappa shape index (κ3) is 2.69. The maximum absolute atomic E-state index is 12.8. The lowest BCUT2D eigenvalue weighted by atomic mass is 9.92. The molecule has 1 aliphatic rings. The van der Waals surface area contributed by atoms with Crippen molar-refractivity contribution < 1.29 is 4.79 Å². The molecule has 112 valence electrons. The molecular formula is C19H20N2O. The monoisotopic (exact) mass is 292 g/mol. The third-order valence-corrected chi connectivity index (χ3v) is 4.60. The van der Waals surface area contributed by atoms with Crippen molar-refractivity contribution in [3.8, 4) is 6.07 Å². The van der Waals surface area contributed by atoms with Crippen molar-refractivity contribution in [3.05, 3.63) is 47.0 Å². The van der Waals surface area contributed by atoms with Crippen molar-refractivity contribution >= 4 is 16.7 Å². The van der Waals surface area contributed by atoms with Gasteiger partial charge in [0.25, 0.3) is 5.91 Å². The highest BCUT2D eigenvalue weighted by Crippen LogP contribution is 2.26. The van der Waals surface area contributed by atoms with Crippen LogP contribution in [-0.2, 0) is 0 Å². The summed E-state index contributed by atoms with van der Waals surface area (Å²) in [4.78, 5) is 12.8. The van der Waals surface area contributed by atoms with Crippen LogP contribution in [0.2, 0.25) is 0 Å². The van der Waals surface area contributed by atoms with Crippen molar-refractivity contribution in [1.29, 1.82) is 5.26 Å². The maximum Gasteiger partial charge on any atom is 0.252 e. The largest absolute Gasteiger partial charge is 0.349 e. The molecule has 3 nitrogen and oxygen atoms in total. The highest BCUT2D eigenvalue weighted by atomic mass is 16.1. The Morgan fingerprint density at radius 1 is 1.23 bits per heavy atom. The van der Waals surface area contributed by atoms with Crippen molar-refractivity contribution in [2.24, 2.45) is 0 Å². The van der Waals surface area contributed by atoms with Gasteiger partial charge in [0.05, 0.1) is 17.2 Å². The zero-order valence-corrected chi connectivity index (χ0v) is 12.9. The van der Waals surface area contributed by atoms with Crippen molar-refractivity contribution in [1.82, 2.24) is 5.32 Å². The molecule has 0 aliphatic heterocycles. The Kier molecular flexibility index (Phi) is 4.11. The summed E-state index contributed by atoms with van der Waals surface area (Å²) in [6, 6.07) is 12.1. The van der Waals surface area contributed by atoms with Crippen LogP contribution in [0.4, 0.5) is 0 Å². The summed E-state index contributed by atoms with van der Waals surface area (Å²) in [6.07, 6.45) is 5.74. The van der Waals surface area contributed by atoms with E-state index in [1.54, 1.807) is 0 Å². The molecular weight excluding hydrogens is 272 g/mol. The van der Waals surface area contributed by atoms with Gasteiger partial charge in [0.1, 0.15) is 0 Å². The van der Waals surface area contributed by atoms with E-state index in [0.29, 0.717) is 11.1 Å². The SMILES string of the molecule is Cc1c(C#N)cc2ccccc2c1C(=O)NC1CCCCC1. The van der Waals surface area contributed by atoms with Crippen molar-refractivity contribution in [3.63, 3.8) is 0 Å². The lowest BCUT2D eigenvalue weighted by Crippen LogP contribution is -2.36. The fourth-order valence-corrected chi connectivity index (χ4v) is 3.36. The fraction of sp³-hybridized carbons (Fsp3) is 0.368. The highest BCUT2D eigenvalue weighted by Gasteiger charge is 2.20. The zero-order chi connectivity index (χ0) is 15.5. The number of rotatable bonds is 2. The van der Waals surface area contributed by atoms with Gasteiger partial charge >= 0.3 is 0 Å². The number of hydrogen-bond acceptors (Lipinski definition) is 2. The first-order chi connectivity index (χ1) is 10.7. The highest BCUT2D eigenvalue weighted by molar-refractivity contribution is 6.09.